The lowest BCUT2D eigenvalue weighted by Gasteiger charge is -2.10. The maximum absolute atomic E-state index is 9.19. The van der Waals surface area contributed by atoms with Gasteiger partial charge in [-0.25, -0.2) is 4.98 Å². The highest BCUT2D eigenvalue weighted by molar-refractivity contribution is 7.85. The molecule has 0 fully saturated rings. The van der Waals surface area contributed by atoms with Crippen LogP contribution in [0.25, 0.3) is 11.1 Å². The van der Waals surface area contributed by atoms with Gasteiger partial charge in [0.2, 0.25) is 5.95 Å². The van der Waals surface area contributed by atoms with E-state index in [1.54, 1.807) is 0 Å². The molecular weight excluding hydrogens is 328 g/mol. The molecule has 0 aliphatic carbocycles. The number of nitrogen functional groups attached to an aromatic ring is 2. The van der Waals surface area contributed by atoms with E-state index in [9.17, 15) is 8.42 Å². The van der Waals surface area contributed by atoms with Crippen LogP contribution < -0.4 is 11.5 Å². The number of nitrogens with zero attached hydrogens (tertiary/aromatic N) is 2. The number of benzene rings is 1. The molecule has 0 atom stereocenters. The van der Waals surface area contributed by atoms with E-state index in [0.717, 1.165) is 23.2 Å². The summed E-state index contributed by atoms with van der Waals surface area (Å²) in [5.74, 6) is 0.605. The number of halogens is 1. The van der Waals surface area contributed by atoms with Crippen molar-refractivity contribution in [1.82, 2.24) is 9.97 Å². The van der Waals surface area contributed by atoms with Gasteiger partial charge in [0.15, 0.2) is 0 Å². The van der Waals surface area contributed by atoms with Crippen LogP contribution in [0.4, 0.5) is 11.8 Å². The minimum Gasteiger partial charge on any atom is -0.383 e. The fourth-order valence-electron chi connectivity index (χ4n) is 1.73. The lowest BCUT2D eigenvalue weighted by atomic mass is 10.0. The summed E-state index contributed by atoms with van der Waals surface area (Å²) < 4.78 is 25.9. The predicted octanol–water partition coefficient (Wildman–Crippen LogP) is 2.03. The molecule has 0 unspecified atom stereocenters. The Kier molecular flexibility index (Phi) is 6.10. The normalized spacial score (nSPS) is 10.7. The van der Waals surface area contributed by atoms with Crippen molar-refractivity contribution in [3.8, 4) is 11.1 Å². The smallest absolute Gasteiger partial charge is 0.261 e. The third-order valence-corrected chi connectivity index (χ3v) is 2.75. The molecule has 1 heterocycles. The number of aromatic nitrogens is 2. The first-order valence-corrected chi connectivity index (χ1v) is 8.44. The Hall–Kier alpha value is -1.90. The Morgan fingerprint density at radius 2 is 1.68 bits per heavy atom. The molecule has 22 heavy (non-hydrogen) atoms. The van der Waals surface area contributed by atoms with Gasteiger partial charge in [0.05, 0.1) is 11.9 Å². The second-order valence-corrected chi connectivity index (χ2v) is 6.28. The zero-order valence-electron chi connectivity index (χ0n) is 12.1. The fraction of sp³-hybridized carbons (Fsp3) is 0.231. The lowest BCUT2D eigenvalue weighted by Crippen LogP contribution is -2.06. The molecule has 1 aromatic carbocycles. The van der Waals surface area contributed by atoms with Crippen molar-refractivity contribution in [2.24, 2.45) is 0 Å². The molecule has 0 aliphatic heterocycles. The van der Waals surface area contributed by atoms with Gasteiger partial charge in [0.1, 0.15) is 5.82 Å². The van der Waals surface area contributed by atoms with Crippen molar-refractivity contribution in [2.45, 2.75) is 13.3 Å². The molecule has 2 aromatic rings. The average Bonchev–Trinajstić information content (AvgIpc) is 2.37. The van der Waals surface area contributed by atoms with E-state index in [2.05, 4.69) is 9.97 Å². The number of hydrogen-bond donors (Lipinski definition) is 3. The van der Waals surface area contributed by atoms with Gasteiger partial charge < -0.3 is 11.5 Å². The number of rotatable bonds is 2. The second-order valence-electron chi connectivity index (χ2n) is 4.38. The van der Waals surface area contributed by atoms with Gasteiger partial charge in [-0.3, -0.25) is 4.55 Å². The first-order valence-electron chi connectivity index (χ1n) is 6.22. The van der Waals surface area contributed by atoms with Crippen LogP contribution in [0.1, 0.15) is 12.6 Å². The van der Waals surface area contributed by atoms with Crippen LogP contribution in [0, 0.1) is 0 Å². The first kappa shape index (κ1) is 18.1. The quantitative estimate of drug-likeness (QED) is 0.710. The van der Waals surface area contributed by atoms with Gasteiger partial charge in [0.25, 0.3) is 10.1 Å². The molecule has 0 aliphatic rings. The van der Waals surface area contributed by atoms with Crippen LogP contribution in [0.3, 0.4) is 0 Å². The molecule has 0 amide bonds. The molecule has 2 rings (SSSR count). The molecule has 0 saturated heterocycles. The summed E-state index contributed by atoms with van der Waals surface area (Å²) in [6.07, 6.45) is 1.46. The van der Waals surface area contributed by atoms with Crippen LogP contribution in [-0.2, 0) is 16.5 Å². The summed E-state index contributed by atoms with van der Waals surface area (Å²) in [5, 5.41) is 0.682. The van der Waals surface area contributed by atoms with Crippen molar-refractivity contribution in [2.75, 3.05) is 17.7 Å². The van der Waals surface area contributed by atoms with Crippen LogP contribution in [0.15, 0.2) is 24.3 Å². The van der Waals surface area contributed by atoms with Gasteiger partial charge in [-0.2, -0.15) is 13.4 Å². The Morgan fingerprint density at radius 3 is 2.14 bits per heavy atom. The second kappa shape index (κ2) is 7.39. The molecular formula is C13H17ClN4O3S. The fourth-order valence-corrected chi connectivity index (χ4v) is 1.86. The standard InChI is InChI=1S/C12H13ClN4.CH4O3S/c1-2-9-10(11(14)17-12(15)16-9)7-3-5-8(13)6-4-7;1-5(2,3)4/h3-6H,2H2,1H3,(H4,14,15,16,17);1H3,(H,2,3,4). The predicted molar refractivity (Wildman–Crippen MR) is 88.2 cm³/mol. The molecule has 0 saturated carbocycles. The summed E-state index contributed by atoms with van der Waals surface area (Å²) in [6, 6.07) is 7.41. The highest BCUT2D eigenvalue weighted by Crippen LogP contribution is 2.29. The van der Waals surface area contributed by atoms with E-state index in [-0.39, 0.29) is 5.95 Å². The molecule has 0 bridgehead atoms. The summed E-state index contributed by atoms with van der Waals surface area (Å²) in [6.45, 7) is 2.00. The third kappa shape index (κ3) is 5.84. The van der Waals surface area contributed by atoms with E-state index < -0.39 is 10.1 Å². The summed E-state index contributed by atoms with van der Waals surface area (Å²) in [7, 11) is -3.67. The SMILES string of the molecule is CCc1nc(N)nc(N)c1-c1ccc(Cl)cc1.CS(=O)(=O)O. The van der Waals surface area contributed by atoms with Crippen molar-refractivity contribution in [1.29, 1.82) is 0 Å². The summed E-state index contributed by atoms with van der Waals surface area (Å²) in [4.78, 5) is 8.20. The number of aryl methyl sites for hydroxylation is 1. The lowest BCUT2D eigenvalue weighted by molar-refractivity contribution is 0.490. The van der Waals surface area contributed by atoms with Crippen LogP contribution >= 0.6 is 11.6 Å². The van der Waals surface area contributed by atoms with E-state index in [4.69, 9.17) is 27.6 Å². The van der Waals surface area contributed by atoms with Gasteiger partial charge in [-0.15, -0.1) is 0 Å². The zero-order valence-corrected chi connectivity index (χ0v) is 13.7. The highest BCUT2D eigenvalue weighted by Gasteiger charge is 2.11. The Morgan fingerprint density at radius 1 is 1.18 bits per heavy atom. The van der Waals surface area contributed by atoms with E-state index in [0.29, 0.717) is 17.1 Å². The maximum atomic E-state index is 9.19. The van der Waals surface area contributed by atoms with E-state index >= 15 is 0 Å². The first-order chi connectivity index (χ1) is 10.1. The minimum absolute atomic E-state index is 0.206. The largest absolute Gasteiger partial charge is 0.383 e. The summed E-state index contributed by atoms with van der Waals surface area (Å²) in [5.41, 5.74) is 14.1. The Labute approximate surface area is 134 Å². The number of nitrogens with two attached hydrogens (primary N) is 2. The van der Waals surface area contributed by atoms with Gasteiger partial charge in [0, 0.05) is 10.6 Å². The monoisotopic (exact) mass is 344 g/mol. The van der Waals surface area contributed by atoms with Crippen molar-refractivity contribution in [3.63, 3.8) is 0 Å². The molecule has 0 spiro atoms. The van der Waals surface area contributed by atoms with Crippen molar-refractivity contribution in [3.05, 3.63) is 35.0 Å². The molecule has 1 aromatic heterocycles. The number of hydrogen-bond acceptors (Lipinski definition) is 6. The topological polar surface area (TPSA) is 132 Å². The van der Waals surface area contributed by atoms with Gasteiger partial charge in [-0.1, -0.05) is 30.7 Å². The van der Waals surface area contributed by atoms with Gasteiger partial charge >= 0.3 is 0 Å². The molecule has 5 N–H and O–H groups in total. The molecule has 9 heteroatoms. The van der Waals surface area contributed by atoms with Crippen LogP contribution in [-0.4, -0.2) is 29.2 Å². The van der Waals surface area contributed by atoms with Crippen molar-refractivity contribution >= 4 is 33.5 Å². The Bertz CT molecular complexity index is 741. The molecule has 0 radical (unpaired) electrons. The third-order valence-electron chi connectivity index (χ3n) is 2.50. The Balaban J connectivity index is 0.000000422. The van der Waals surface area contributed by atoms with Crippen LogP contribution in [0.2, 0.25) is 5.02 Å². The summed E-state index contributed by atoms with van der Waals surface area (Å²) >= 11 is 5.86. The van der Waals surface area contributed by atoms with E-state index in [1.165, 1.54) is 0 Å². The average molecular weight is 345 g/mol. The van der Waals surface area contributed by atoms with Crippen molar-refractivity contribution < 1.29 is 13.0 Å². The minimum atomic E-state index is -3.67. The maximum Gasteiger partial charge on any atom is 0.261 e. The number of anilines is 2. The van der Waals surface area contributed by atoms with Gasteiger partial charge in [-0.05, 0) is 24.1 Å². The van der Waals surface area contributed by atoms with Crippen LogP contribution in [0.5, 0.6) is 0 Å². The zero-order chi connectivity index (χ0) is 16.9. The van der Waals surface area contributed by atoms with E-state index in [1.807, 2.05) is 31.2 Å². The molecule has 7 nitrogen and oxygen atoms in total. The molecule has 120 valence electrons. The highest BCUT2D eigenvalue weighted by atomic mass is 35.5.